The van der Waals surface area contributed by atoms with E-state index >= 15 is 0 Å². The van der Waals surface area contributed by atoms with Crippen molar-refractivity contribution in [2.24, 2.45) is 0 Å². The van der Waals surface area contributed by atoms with Crippen LogP contribution in [0.2, 0.25) is 0 Å². The maximum atomic E-state index is 12.4. The average molecular weight is 359 g/mol. The molecule has 1 aliphatic rings. The lowest BCUT2D eigenvalue weighted by atomic mass is 10.0. The highest BCUT2D eigenvalue weighted by molar-refractivity contribution is 7.14. The molecule has 1 aromatic heterocycles. The molecule has 0 aliphatic carbocycles. The predicted molar refractivity (Wildman–Crippen MR) is 97.5 cm³/mol. The number of nitrogens with one attached hydrogen (secondary N) is 1. The molecule has 2 amide bonds. The SMILES string of the molecule is CC(C)(C)OC(=O)N1CCC1C(=O)Nc1nc(-c2ccccc2)cs1. The van der Waals surface area contributed by atoms with Crippen LogP contribution in [0.15, 0.2) is 35.7 Å². The standard InChI is InChI=1S/C18H21N3O3S/c1-18(2,3)24-17(23)21-10-9-14(21)15(22)20-16-19-13(11-25-16)12-7-5-4-6-8-12/h4-8,11,14H,9-10H2,1-3H3,(H,19,20,22). The summed E-state index contributed by atoms with van der Waals surface area (Å²) in [6.45, 7) is 5.95. The Morgan fingerprint density at radius 2 is 2.00 bits per heavy atom. The Labute approximate surface area is 150 Å². The van der Waals surface area contributed by atoms with E-state index in [1.54, 1.807) is 20.8 Å². The quantitative estimate of drug-likeness (QED) is 0.906. The van der Waals surface area contributed by atoms with E-state index in [1.165, 1.54) is 16.2 Å². The number of likely N-dealkylation sites (tertiary alicyclic amines) is 1. The van der Waals surface area contributed by atoms with Crippen LogP contribution >= 0.6 is 11.3 Å². The van der Waals surface area contributed by atoms with Crippen molar-refractivity contribution >= 4 is 28.5 Å². The Bertz CT molecular complexity index is 767. The molecule has 2 aromatic rings. The number of hydrogen-bond donors (Lipinski definition) is 1. The van der Waals surface area contributed by atoms with E-state index in [0.717, 1.165) is 11.3 Å². The lowest BCUT2D eigenvalue weighted by Crippen LogP contribution is -2.57. The number of rotatable bonds is 3. The summed E-state index contributed by atoms with van der Waals surface area (Å²) in [5.41, 5.74) is 1.24. The molecule has 7 heteroatoms. The number of benzene rings is 1. The summed E-state index contributed by atoms with van der Waals surface area (Å²) in [4.78, 5) is 30.4. The highest BCUT2D eigenvalue weighted by Gasteiger charge is 2.40. The molecule has 25 heavy (non-hydrogen) atoms. The predicted octanol–water partition coefficient (Wildman–Crippen LogP) is 3.76. The van der Waals surface area contributed by atoms with E-state index in [4.69, 9.17) is 4.74 Å². The summed E-state index contributed by atoms with van der Waals surface area (Å²) in [5, 5.41) is 5.23. The van der Waals surface area contributed by atoms with Gasteiger partial charge in [0.05, 0.1) is 5.69 Å². The first-order valence-electron chi connectivity index (χ1n) is 8.15. The number of carbonyl (C=O) groups is 2. The Hall–Kier alpha value is -2.41. The molecule has 1 unspecified atom stereocenters. The minimum Gasteiger partial charge on any atom is -0.444 e. The van der Waals surface area contributed by atoms with Gasteiger partial charge in [-0.1, -0.05) is 30.3 Å². The van der Waals surface area contributed by atoms with Crippen LogP contribution in [0.25, 0.3) is 11.3 Å². The minimum atomic E-state index is -0.576. The van der Waals surface area contributed by atoms with Gasteiger partial charge in [0.25, 0.3) is 0 Å². The number of thiazole rings is 1. The number of hydrogen-bond acceptors (Lipinski definition) is 5. The second kappa shape index (κ2) is 6.84. The molecule has 1 aliphatic heterocycles. The number of amides is 2. The van der Waals surface area contributed by atoms with E-state index in [-0.39, 0.29) is 5.91 Å². The molecule has 1 N–H and O–H groups in total. The van der Waals surface area contributed by atoms with Gasteiger partial charge in [-0.25, -0.2) is 9.78 Å². The highest BCUT2D eigenvalue weighted by atomic mass is 32.1. The van der Waals surface area contributed by atoms with Crippen molar-refractivity contribution in [2.45, 2.75) is 38.8 Å². The number of carbonyl (C=O) groups excluding carboxylic acids is 2. The average Bonchev–Trinajstić information content (AvgIpc) is 2.93. The molecule has 1 aromatic carbocycles. The molecule has 6 nitrogen and oxygen atoms in total. The lowest BCUT2D eigenvalue weighted by molar-refractivity contribution is -0.125. The molecule has 1 saturated heterocycles. The largest absolute Gasteiger partial charge is 0.444 e. The zero-order chi connectivity index (χ0) is 18.0. The van der Waals surface area contributed by atoms with Crippen LogP contribution < -0.4 is 5.32 Å². The lowest BCUT2D eigenvalue weighted by Gasteiger charge is -2.39. The van der Waals surface area contributed by atoms with Crippen LogP contribution in [0.3, 0.4) is 0 Å². The Morgan fingerprint density at radius 3 is 2.60 bits per heavy atom. The van der Waals surface area contributed by atoms with E-state index in [2.05, 4.69) is 10.3 Å². The summed E-state index contributed by atoms with van der Waals surface area (Å²) in [7, 11) is 0. The zero-order valence-corrected chi connectivity index (χ0v) is 15.3. The Balaban J connectivity index is 1.61. The number of nitrogens with zero attached hydrogens (tertiary/aromatic N) is 2. The van der Waals surface area contributed by atoms with Gasteiger partial charge in [-0.05, 0) is 27.2 Å². The van der Waals surface area contributed by atoms with Crippen molar-refractivity contribution in [1.29, 1.82) is 0 Å². The van der Waals surface area contributed by atoms with Crippen LogP contribution in [-0.2, 0) is 9.53 Å². The van der Waals surface area contributed by atoms with E-state index in [1.807, 2.05) is 35.7 Å². The topological polar surface area (TPSA) is 71.5 Å². The fraction of sp³-hybridized carbons (Fsp3) is 0.389. The van der Waals surface area contributed by atoms with Gasteiger partial charge in [-0.3, -0.25) is 9.69 Å². The van der Waals surface area contributed by atoms with Crippen molar-refractivity contribution in [3.05, 3.63) is 35.7 Å². The van der Waals surface area contributed by atoms with Gasteiger partial charge < -0.3 is 10.1 Å². The maximum Gasteiger partial charge on any atom is 0.410 e. The monoisotopic (exact) mass is 359 g/mol. The van der Waals surface area contributed by atoms with E-state index in [9.17, 15) is 9.59 Å². The fourth-order valence-corrected chi connectivity index (χ4v) is 3.18. The van der Waals surface area contributed by atoms with Gasteiger partial charge in [0.2, 0.25) is 5.91 Å². The van der Waals surface area contributed by atoms with Crippen LogP contribution in [0.1, 0.15) is 27.2 Å². The van der Waals surface area contributed by atoms with Crippen LogP contribution in [-0.4, -0.2) is 40.1 Å². The third kappa shape index (κ3) is 4.17. The molecule has 2 heterocycles. The van der Waals surface area contributed by atoms with Crippen molar-refractivity contribution in [2.75, 3.05) is 11.9 Å². The molecule has 0 spiro atoms. The molecule has 0 radical (unpaired) electrons. The van der Waals surface area contributed by atoms with Crippen LogP contribution in [0.5, 0.6) is 0 Å². The van der Waals surface area contributed by atoms with Gasteiger partial charge in [0.15, 0.2) is 5.13 Å². The molecule has 0 bridgehead atoms. The highest BCUT2D eigenvalue weighted by Crippen LogP contribution is 2.27. The molecular weight excluding hydrogens is 338 g/mol. The molecule has 0 saturated carbocycles. The first kappa shape index (κ1) is 17.4. The zero-order valence-electron chi connectivity index (χ0n) is 14.5. The van der Waals surface area contributed by atoms with Crippen LogP contribution in [0, 0.1) is 0 Å². The van der Waals surface area contributed by atoms with Gasteiger partial charge in [-0.2, -0.15) is 0 Å². The second-order valence-corrected chi connectivity index (χ2v) is 7.73. The minimum absolute atomic E-state index is 0.230. The van der Waals surface area contributed by atoms with Gasteiger partial charge >= 0.3 is 6.09 Å². The number of aromatic nitrogens is 1. The smallest absolute Gasteiger partial charge is 0.410 e. The first-order chi connectivity index (χ1) is 11.8. The third-order valence-corrected chi connectivity index (χ3v) is 4.51. The summed E-state index contributed by atoms with van der Waals surface area (Å²) in [6.07, 6.45) is 0.171. The van der Waals surface area contributed by atoms with Crippen molar-refractivity contribution in [3.63, 3.8) is 0 Å². The van der Waals surface area contributed by atoms with E-state index in [0.29, 0.717) is 18.1 Å². The second-order valence-electron chi connectivity index (χ2n) is 6.87. The maximum absolute atomic E-state index is 12.4. The third-order valence-electron chi connectivity index (χ3n) is 3.75. The summed E-state index contributed by atoms with van der Waals surface area (Å²) >= 11 is 1.37. The molecule has 1 fully saturated rings. The first-order valence-corrected chi connectivity index (χ1v) is 9.03. The normalized spacial score (nSPS) is 16.9. The van der Waals surface area contributed by atoms with Gasteiger partial charge in [0, 0.05) is 17.5 Å². The van der Waals surface area contributed by atoms with E-state index < -0.39 is 17.7 Å². The van der Waals surface area contributed by atoms with Gasteiger partial charge in [0.1, 0.15) is 11.6 Å². The Kier molecular flexibility index (Phi) is 4.76. The van der Waals surface area contributed by atoms with Crippen molar-refractivity contribution in [1.82, 2.24) is 9.88 Å². The number of anilines is 1. The fourth-order valence-electron chi connectivity index (χ4n) is 2.46. The summed E-state index contributed by atoms with van der Waals surface area (Å²) in [6, 6.07) is 9.27. The van der Waals surface area contributed by atoms with Crippen molar-refractivity contribution in [3.8, 4) is 11.3 Å². The summed E-state index contributed by atoms with van der Waals surface area (Å²) < 4.78 is 5.33. The summed E-state index contributed by atoms with van der Waals surface area (Å²) in [5.74, 6) is -0.230. The van der Waals surface area contributed by atoms with Gasteiger partial charge in [-0.15, -0.1) is 11.3 Å². The molecule has 132 valence electrons. The number of ether oxygens (including phenoxy) is 1. The molecule has 3 rings (SSSR count). The van der Waals surface area contributed by atoms with Crippen LogP contribution in [0.4, 0.5) is 9.93 Å². The van der Waals surface area contributed by atoms with Crippen molar-refractivity contribution < 1.29 is 14.3 Å². The molecular formula is C18H21N3O3S. The molecule has 1 atom stereocenters. The Morgan fingerprint density at radius 1 is 1.28 bits per heavy atom.